The van der Waals surface area contributed by atoms with Crippen molar-refractivity contribution in [2.75, 3.05) is 19.8 Å². The molecule has 0 radical (unpaired) electrons. The predicted octanol–water partition coefficient (Wildman–Crippen LogP) is -14.6. The van der Waals surface area contributed by atoms with E-state index in [1.165, 1.54) is 4.72 Å². The maximum atomic E-state index is 13.0. The van der Waals surface area contributed by atoms with Gasteiger partial charge in [0.1, 0.15) is 104 Å². The molecule has 0 saturated carbocycles. The van der Waals surface area contributed by atoms with Crippen LogP contribution in [0.5, 0.6) is 0 Å². The fourth-order valence-electron chi connectivity index (χ4n) is 9.03. The average Bonchev–Trinajstić information content (AvgIpc) is 0.765. The molecule has 0 aromatic rings. The molecule has 5 heterocycles. The zero-order chi connectivity index (χ0) is 71.9. The number of aliphatic carboxylic acids is 2. The molecule has 552 valence electrons. The van der Waals surface area contributed by atoms with Crippen LogP contribution in [-0.2, 0) is 171 Å². The largest absolute Gasteiger partial charge is 0.479 e. The summed E-state index contributed by atoms with van der Waals surface area (Å²) < 4.78 is 379. The van der Waals surface area contributed by atoms with Gasteiger partial charge >= 0.3 is 105 Å². The summed E-state index contributed by atoms with van der Waals surface area (Å²) in [6.07, 6.45) is -67.2. The van der Waals surface area contributed by atoms with Gasteiger partial charge in [0.2, 0.25) is 0 Å². The van der Waals surface area contributed by atoms with Crippen LogP contribution >= 0.6 is 0 Å². The molecule has 1 unspecified atom stereocenters. The van der Waals surface area contributed by atoms with Gasteiger partial charge in [-0.05, 0) is 0 Å². The number of hydrogen-bond acceptors (Lipinski definition) is 41. The van der Waals surface area contributed by atoms with E-state index in [1.807, 2.05) is 0 Å². The second-order valence-electron chi connectivity index (χ2n) is 19.0. The molecule has 20 N–H and O–H groups in total. The Morgan fingerprint density at radius 3 is 1.06 bits per heavy atom. The number of carbonyl (C=O) groups is 2. The fraction of sp³-hybridized carbons (Fsp3) is 0.933. The molecule has 5 saturated heterocycles. The van der Waals surface area contributed by atoms with Crippen molar-refractivity contribution in [3.63, 3.8) is 0 Å². The van der Waals surface area contributed by atoms with Gasteiger partial charge in [0.25, 0.3) is 0 Å². The highest BCUT2D eigenvalue weighted by Crippen LogP contribution is 2.39. The van der Waals surface area contributed by atoms with Crippen LogP contribution in [0.1, 0.15) is 0 Å². The molecule has 0 aromatic heterocycles. The van der Waals surface area contributed by atoms with Crippen molar-refractivity contribution < 1.29 is 235 Å². The minimum atomic E-state index is -6.42. The van der Waals surface area contributed by atoms with E-state index in [9.17, 15) is 163 Å². The van der Waals surface area contributed by atoms with Gasteiger partial charge in [0.05, 0.1) is 19.8 Å². The third-order valence-electron chi connectivity index (χ3n) is 12.4. The topological polar surface area (TPSA) is 860 Å². The van der Waals surface area contributed by atoms with Crippen molar-refractivity contribution >= 4 is 105 Å². The monoisotopic (exact) mass is 1570 g/mol. The van der Waals surface area contributed by atoms with Crippen molar-refractivity contribution in [2.45, 2.75) is 153 Å². The molecule has 5 fully saturated rings. The summed E-state index contributed by atoms with van der Waals surface area (Å²) in [7, 11) is -53.7. The van der Waals surface area contributed by atoms with E-state index in [0.717, 1.165) is 9.44 Å². The summed E-state index contributed by atoms with van der Waals surface area (Å²) in [5.41, 5.74) is 0. The number of aliphatic hydroxyl groups excluding tert-OH is 6. The van der Waals surface area contributed by atoms with E-state index in [4.69, 9.17) is 47.2 Å². The summed E-state index contributed by atoms with van der Waals surface area (Å²) in [6, 6.07) is -8.85. The molecular weight excluding hydrogens is 1520 g/mol. The van der Waals surface area contributed by atoms with E-state index in [2.05, 4.69) is 25.1 Å². The molecule has 0 aliphatic carbocycles. The second-order valence-corrected chi connectivity index (χ2v) is 29.0. The van der Waals surface area contributed by atoms with Crippen LogP contribution in [0.4, 0.5) is 0 Å². The molecule has 64 heteroatoms. The SMILES string of the molecule is O=C(O)C1O[C@H](O[C@H]2[C@H](OS(=O)(=O)O)[C@@H](NS(=O)(=O)O)[C@@H](O)O[C@@H]2COS(=O)(=O)O)[C@H](OS(=O)(=O)O)[C@@H](O)[C@@H]1O[C@H]1O[C@H](COS(=O)(=O)O)[C@@H](O[C@H]2O[C@H](C(=O)O)[C@@H](O[C@H]3O[C@H](COS(=O)(=O)O)[C@@H](O)[C@H](O)[C@H]3NS(=O)(=O)O)[C@H](O)[C@H]2O)[C@H](OS(=O)(=O)O)[C@H]1NS(=O)(=O)O. The number of aliphatic hydroxyl groups is 6. The number of carboxylic acid groups (broad SMARTS) is 2. The average molecular weight is 1570 g/mol. The molecule has 5 rings (SSSR count). The number of nitrogens with one attached hydrogen (secondary N) is 3. The van der Waals surface area contributed by atoms with Crippen LogP contribution in [0, 0.1) is 0 Å². The Bertz CT molecular complexity index is 3750. The third kappa shape index (κ3) is 24.2. The first-order valence-corrected chi connectivity index (χ1v) is 36.3. The summed E-state index contributed by atoms with van der Waals surface area (Å²) >= 11 is 0. The van der Waals surface area contributed by atoms with Gasteiger partial charge in [-0.15, -0.1) is 0 Å². The quantitative estimate of drug-likeness (QED) is 0.0287. The Labute approximate surface area is 525 Å². The summed E-state index contributed by atoms with van der Waals surface area (Å²) in [5.74, 6) is -5.07. The lowest BCUT2D eigenvalue weighted by Gasteiger charge is -2.50. The number of carboxylic acids is 2. The van der Waals surface area contributed by atoms with Crippen LogP contribution in [0.2, 0.25) is 0 Å². The first kappa shape index (κ1) is 81.8. The van der Waals surface area contributed by atoms with Gasteiger partial charge in [-0.25, -0.2) is 34.7 Å². The minimum absolute atomic E-state index is 1.05. The van der Waals surface area contributed by atoms with Gasteiger partial charge in [-0.3, -0.25) is 41.0 Å². The van der Waals surface area contributed by atoms with Crippen molar-refractivity contribution in [1.82, 2.24) is 14.2 Å². The van der Waals surface area contributed by atoms with Crippen LogP contribution in [0.25, 0.3) is 0 Å². The Balaban J connectivity index is 1.63. The molecule has 0 aromatic carbocycles. The Morgan fingerprint density at radius 2 is 0.649 bits per heavy atom. The van der Waals surface area contributed by atoms with E-state index < -0.39 is 278 Å². The van der Waals surface area contributed by atoms with Gasteiger partial charge in [0.15, 0.2) is 49.8 Å². The molecule has 0 spiro atoms. The molecule has 94 heavy (non-hydrogen) atoms. The van der Waals surface area contributed by atoms with E-state index >= 15 is 0 Å². The highest BCUT2D eigenvalue weighted by molar-refractivity contribution is 7.84. The van der Waals surface area contributed by atoms with Gasteiger partial charge < -0.3 is 83.5 Å². The number of rotatable bonds is 31. The lowest BCUT2D eigenvalue weighted by molar-refractivity contribution is -0.372. The number of ether oxygens (including phenoxy) is 9. The maximum Gasteiger partial charge on any atom is 0.397 e. The molecular formula is C30H51N3O52S9. The van der Waals surface area contributed by atoms with Crippen molar-refractivity contribution in [3.05, 3.63) is 0 Å². The third-order valence-corrected chi connectivity index (χ3v) is 16.8. The molecule has 5 aliphatic heterocycles. The van der Waals surface area contributed by atoms with E-state index in [0.29, 0.717) is 0 Å². The van der Waals surface area contributed by atoms with Gasteiger partial charge in [-0.2, -0.15) is 89.9 Å². The van der Waals surface area contributed by atoms with Crippen LogP contribution in [0.3, 0.4) is 0 Å². The van der Waals surface area contributed by atoms with Crippen molar-refractivity contribution in [2.24, 2.45) is 0 Å². The lowest BCUT2D eigenvalue weighted by atomic mass is 9.94. The first-order valence-electron chi connectivity index (χ1n) is 23.8. The fourth-order valence-corrected chi connectivity index (χ4v) is 13.2. The highest BCUT2D eigenvalue weighted by Gasteiger charge is 2.62. The number of hydrogen-bond donors (Lipinski definition) is 20. The van der Waals surface area contributed by atoms with Gasteiger partial charge in [0, 0.05) is 0 Å². The van der Waals surface area contributed by atoms with Crippen LogP contribution in [-0.4, -0.2) is 343 Å². The van der Waals surface area contributed by atoms with E-state index in [-0.39, 0.29) is 0 Å². The summed E-state index contributed by atoms with van der Waals surface area (Å²) in [5, 5.41) is 87.1. The molecule has 25 atom stereocenters. The Kier molecular flexibility index (Phi) is 26.6. The van der Waals surface area contributed by atoms with E-state index in [1.54, 1.807) is 0 Å². The zero-order valence-corrected chi connectivity index (χ0v) is 52.0. The molecule has 55 nitrogen and oxygen atoms in total. The van der Waals surface area contributed by atoms with Gasteiger partial charge in [-0.1, -0.05) is 0 Å². The normalized spacial score (nSPS) is 38.0. The van der Waals surface area contributed by atoms with Crippen LogP contribution in [0.15, 0.2) is 0 Å². The Morgan fingerprint density at radius 1 is 0.319 bits per heavy atom. The Hall–Kier alpha value is -2.83. The summed E-state index contributed by atoms with van der Waals surface area (Å²) in [4.78, 5) is 25.8. The first-order chi connectivity index (χ1) is 42.3. The predicted molar refractivity (Wildman–Crippen MR) is 268 cm³/mol. The summed E-state index contributed by atoms with van der Waals surface area (Å²) in [6.45, 7) is -5.43. The van der Waals surface area contributed by atoms with Crippen molar-refractivity contribution in [1.29, 1.82) is 0 Å². The highest BCUT2D eigenvalue weighted by atomic mass is 32.3. The second kappa shape index (κ2) is 30.6. The minimum Gasteiger partial charge on any atom is -0.479 e. The smallest absolute Gasteiger partial charge is 0.397 e. The van der Waals surface area contributed by atoms with Crippen LogP contribution < -0.4 is 14.2 Å². The standard InChI is InChI=1S/C30H51N3O52S9/c34-10-4(1-71-89(53,54)55)75-27(7(11(10)35)31-86(44,45)46)79-19-12(36)13(37)29(81-22(19)24(39)40)77-16-6(3-73-91(59,60)61)76-28(9(33-88(50,51)52)18(16)84-93(65,66)67)80-20-14(38)21(85-94(68,69)70)30(82-23(20)25(41)42)78-15-5(2-72-90(56,57)58)74-26(43)8(32-87(47,48)49)17(15)83-92(62,63)64/h4-23,26-38,43H,1-3H2,(H,39,40)(H,41,42)(H,44,45,46)(H,47,48,49)(H,50,51,52)(H,53,54,55)(H,56,57,58)(H,59,60,61)(H,62,63,64)(H,65,66,67)(H,68,69,70)/t4-,5-,6-,7-,8-,9-,10-,11-,12-,13-,14+,15-,16-,17-,18-,19+,20+,21-,22+,23?,26+,27-,28-,29+,30+/m1/s1. The molecule has 5 aliphatic rings. The molecule has 0 amide bonds. The maximum absolute atomic E-state index is 13.0. The van der Waals surface area contributed by atoms with Crippen molar-refractivity contribution in [3.8, 4) is 0 Å². The zero-order valence-electron chi connectivity index (χ0n) is 44.6. The molecule has 0 bridgehead atoms. The lowest BCUT2D eigenvalue weighted by Crippen LogP contribution is -2.71.